The van der Waals surface area contributed by atoms with Gasteiger partial charge >= 0.3 is 6.18 Å². The molecule has 136 valence electrons. The lowest BCUT2D eigenvalue weighted by atomic mass is 9.96. The number of hydrogen-bond donors (Lipinski definition) is 0. The number of hydrogen-bond acceptors (Lipinski definition) is 3. The van der Waals surface area contributed by atoms with Crippen molar-refractivity contribution >= 4 is 5.91 Å². The van der Waals surface area contributed by atoms with Gasteiger partial charge in [-0.2, -0.15) is 18.3 Å². The molecule has 0 saturated carbocycles. The third-order valence-corrected chi connectivity index (χ3v) is 4.54. The molecule has 2 heterocycles. The molecule has 0 spiro atoms. The van der Waals surface area contributed by atoms with Gasteiger partial charge in [-0.1, -0.05) is 0 Å². The van der Waals surface area contributed by atoms with Crippen LogP contribution in [0.1, 0.15) is 43.1 Å². The van der Waals surface area contributed by atoms with Crippen LogP contribution in [-0.4, -0.2) is 52.6 Å². The van der Waals surface area contributed by atoms with E-state index in [0.29, 0.717) is 36.7 Å². The van der Waals surface area contributed by atoms with Gasteiger partial charge in [-0.05, 0) is 34.1 Å². The summed E-state index contributed by atoms with van der Waals surface area (Å²) in [4.78, 5) is 14.6. The lowest BCUT2D eigenvalue weighted by Crippen LogP contribution is -2.41. The van der Waals surface area contributed by atoms with Gasteiger partial charge in [0, 0.05) is 30.5 Å². The van der Waals surface area contributed by atoms with Crippen LogP contribution in [0.5, 0.6) is 0 Å². The normalized spacial score (nSPS) is 20.8. The second-order valence-electron chi connectivity index (χ2n) is 6.36. The number of aryl methyl sites for hydroxylation is 1. The van der Waals surface area contributed by atoms with E-state index in [1.165, 1.54) is 0 Å². The standard InChI is InChI=1S/C16H24F3N3O2/c1-10-5-7-24-8-6-21(10)15(23)11(2)14-12(3)20-22(13(14)4)9-16(17,18)19/h10-11H,5-9H2,1-4H3/t10-,11-/m0/s1. The molecule has 0 radical (unpaired) electrons. The maximum Gasteiger partial charge on any atom is 0.408 e. The van der Waals surface area contributed by atoms with Gasteiger partial charge in [-0.25, -0.2) is 0 Å². The summed E-state index contributed by atoms with van der Waals surface area (Å²) < 4.78 is 44.3. The van der Waals surface area contributed by atoms with Crippen LogP contribution in [0.4, 0.5) is 13.2 Å². The Morgan fingerprint density at radius 2 is 2.04 bits per heavy atom. The van der Waals surface area contributed by atoms with E-state index in [0.717, 1.165) is 11.1 Å². The second kappa shape index (κ2) is 7.13. The number of aromatic nitrogens is 2. The average molecular weight is 347 g/mol. The predicted molar refractivity (Wildman–Crippen MR) is 82.8 cm³/mol. The molecule has 0 unspecified atom stereocenters. The van der Waals surface area contributed by atoms with Gasteiger partial charge in [0.05, 0.1) is 18.2 Å². The molecular weight excluding hydrogens is 323 g/mol. The predicted octanol–water partition coefficient (Wildman–Crippen LogP) is 2.80. The third kappa shape index (κ3) is 4.09. The van der Waals surface area contributed by atoms with Crippen molar-refractivity contribution in [1.82, 2.24) is 14.7 Å². The number of alkyl halides is 3. The van der Waals surface area contributed by atoms with E-state index in [2.05, 4.69) is 5.10 Å². The number of halogens is 3. The smallest absolute Gasteiger partial charge is 0.380 e. The average Bonchev–Trinajstić information content (AvgIpc) is 2.64. The highest BCUT2D eigenvalue weighted by atomic mass is 19.4. The van der Waals surface area contributed by atoms with E-state index >= 15 is 0 Å². The fraction of sp³-hybridized carbons (Fsp3) is 0.750. The highest BCUT2D eigenvalue weighted by Gasteiger charge is 2.33. The first-order valence-corrected chi connectivity index (χ1v) is 8.10. The molecular formula is C16H24F3N3O2. The second-order valence-corrected chi connectivity index (χ2v) is 6.36. The van der Waals surface area contributed by atoms with Crippen LogP contribution >= 0.6 is 0 Å². The summed E-state index contributed by atoms with van der Waals surface area (Å²) in [5.74, 6) is -0.627. The molecule has 24 heavy (non-hydrogen) atoms. The van der Waals surface area contributed by atoms with Crippen LogP contribution in [0.25, 0.3) is 0 Å². The molecule has 1 aliphatic heterocycles. The fourth-order valence-electron chi connectivity index (χ4n) is 3.26. The van der Waals surface area contributed by atoms with E-state index in [9.17, 15) is 18.0 Å². The topological polar surface area (TPSA) is 47.4 Å². The maximum absolute atomic E-state index is 12.9. The minimum absolute atomic E-state index is 0.0493. The van der Waals surface area contributed by atoms with Crippen LogP contribution in [0.2, 0.25) is 0 Å². The first-order chi connectivity index (χ1) is 11.1. The summed E-state index contributed by atoms with van der Waals surface area (Å²) in [5.41, 5.74) is 1.45. The molecule has 8 heteroatoms. The van der Waals surface area contributed by atoms with Gasteiger partial charge in [0.15, 0.2) is 0 Å². The van der Waals surface area contributed by atoms with Gasteiger partial charge in [-0.15, -0.1) is 0 Å². The van der Waals surface area contributed by atoms with Crippen LogP contribution in [-0.2, 0) is 16.1 Å². The number of carbonyl (C=O) groups is 1. The first kappa shape index (κ1) is 18.8. The lowest BCUT2D eigenvalue weighted by molar-refractivity contribution is -0.143. The van der Waals surface area contributed by atoms with E-state index in [4.69, 9.17) is 4.74 Å². The lowest BCUT2D eigenvalue weighted by Gasteiger charge is -2.29. The van der Waals surface area contributed by atoms with E-state index in [-0.39, 0.29) is 11.9 Å². The molecule has 2 atom stereocenters. The zero-order chi connectivity index (χ0) is 18.1. The minimum atomic E-state index is -4.34. The van der Waals surface area contributed by atoms with Gasteiger partial charge < -0.3 is 9.64 Å². The molecule has 0 aromatic carbocycles. The van der Waals surface area contributed by atoms with Gasteiger partial charge in [0.1, 0.15) is 6.54 Å². The zero-order valence-corrected chi connectivity index (χ0v) is 14.5. The van der Waals surface area contributed by atoms with Crippen molar-refractivity contribution in [2.24, 2.45) is 0 Å². The molecule has 0 bridgehead atoms. The molecule has 1 fully saturated rings. The highest BCUT2D eigenvalue weighted by Crippen LogP contribution is 2.28. The molecule has 1 aromatic heterocycles. The van der Waals surface area contributed by atoms with Crippen molar-refractivity contribution in [3.05, 3.63) is 17.0 Å². The van der Waals surface area contributed by atoms with Crippen molar-refractivity contribution < 1.29 is 22.7 Å². The zero-order valence-electron chi connectivity index (χ0n) is 14.5. The van der Waals surface area contributed by atoms with Crippen LogP contribution in [0.15, 0.2) is 0 Å². The fourth-order valence-corrected chi connectivity index (χ4v) is 3.26. The summed E-state index contributed by atoms with van der Waals surface area (Å²) in [5, 5.41) is 3.98. The van der Waals surface area contributed by atoms with E-state index in [1.54, 1.807) is 25.7 Å². The Labute approximate surface area is 139 Å². The molecule has 1 aliphatic rings. The number of rotatable bonds is 3. The van der Waals surface area contributed by atoms with Crippen LogP contribution in [0, 0.1) is 13.8 Å². The summed E-state index contributed by atoms with van der Waals surface area (Å²) >= 11 is 0. The Morgan fingerprint density at radius 3 is 2.67 bits per heavy atom. The minimum Gasteiger partial charge on any atom is -0.380 e. The van der Waals surface area contributed by atoms with E-state index in [1.807, 2.05) is 6.92 Å². The van der Waals surface area contributed by atoms with Crippen LogP contribution in [0.3, 0.4) is 0 Å². The molecule has 0 N–H and O–H groups in total. The Morgan fingerprint density at radius 1 is 1.38 bits per heavy atom. The summed E-state index contributed by atoms with van der Waals surface area (Å²) in [6.45, 7) is 7.37. The van der Waals surface area contributed by atoms with E-state index < -0.39 is 18.6 Å². The quantitative estimate of drug-likeness (QED) is 0.845. The third-order valence-electron chi connectivity index (χ3n) is 4.54. The largest absolute Gasteiger partial charge is 0.408 e. The first-order valence-electron chi connectivity index (χ1n) is 8.10. The summed E-state index contributed by atoms with van der Waals surface area (Å²) in [6.07, 6.45) is -3.59. The van der Waals surface area contributed by atoms with Crippen LogP contribution < -0.4 is 0 Å². The molecule has 1 aromatic rings. The Kier molecular flexibility index (Phi) is 5.57. The van der Waals surface area contributed by atoms with Crippen molar-refractivity contribution in [1.29, 1.82) is 0 Å². The Bertz CT molecular complexity index is 598. The molecule has 0 aliphatic carbocycles. The van der Waals surface area contributed by atoms with Gasteiger partial charge in [0.2, 0.25) is 5.91 Å². The summed E-state index contributed by atoms with van der Waals surface area (Å²) in [6, 6.07) is 0.0493. The van der Waals surface area contributed by atoms with Gasteiger partial charge in [0.25, 0.3) is 0 Å². The maximum atomic E-state index is 12.9. The summed E-state index contributed by atoms with van der Waals surface area (Å²) in [7, 11) is 0. The number of amides is 1. The number of carbonyl (C=O) groups excluding carboxylic acids is 1. The van der Waals surface area contributed by atoms with Crippen molar-refractivity contribution in [3.63, 3.8) is 0 Å². The number of ether oxygens (including phenoxy) is 1. The molecule has 2 rings (SSSR count). The SMILES string of the molecule is Cc1nn(CC(F)(F)F)c(C)c1[C@H](C)C(=O)N1CCOCC[C@@H]1C. The van der Waals surface area contributed by atoms with Crippen molar-refractivity contribution in [2.45, 2.75) is 58.8 Å². The van der Waals surface area contributed by atoms with Gasteiger partial charge in [-0.3, -0.25) is 9.48 Å². The Hall–Kier alpha value is -1.57. The Balaban J connectivity index is 2.25. The molecule has 5 nitrogen and oxygen atoms in total. The molecule has 1 saturated heterocycles. The number of nitrogens with zero attached hydrogens (tertiary/aromatic N) is 3. The van der Waals surface area contributed by atoms with Crippen molar-refractivity contribution in [3.8, 4) is 0 Å². The molecule has 1 amide bonds. The monoisotopic (exact) mass is 347 g/mol. The van der Waals surface area contributed by atoms with Crippen molar-refractivity contribution in [2.75, 3.05) is 19.8 Å². The highest BCUT2D eigenvalue weighted by molar-refractivity contribution is 5.84.